The van der Waals surface area contributed by atoms with Gasteiger partial charge in [-0.15, -0.1) is 0 Å². The molecule has 1 atom stereocenters. The van der Waals surface area contributed by atoms with E-state index in [1.54, 1.807) is 18.2 Å². The lowest BCUT2D eigenvalue weighted by atomic mass is 10.0. The number of carbonyl (C=O) groups excluding carboxylic acids is 1. The molecule has 6 nitrogen and oxygen atoms in total. The number of fused-ring (bicyclic) bond motifs is 1. The van der Waals surface area contributed by atoms with Gasteiger partial charge in [-0.25, -0.2) is 17.2 Å². The molecule has 4 rings (SSSR count). The molecule has 0 spiro atoms. The monoisotopic (exact) mass is 479 g/mol. The zero-order chi connectivity index (χ0) is 23.1. The molecule has 10 heteroatoms. The van der Waals surface area contributed by atoms with E-state index in [-0.39, 0.29) is 33.0 Å². The van der Waals surface area contributed by atoms with Crippen LogP contribution in [0.5, 0.6) is 0 Å². The highest BCUT2D eigenvalue weighted by molar-refractivity contribution is 8.25. The molecule has 3 aromatic rings. The summed E-state index contributed by atoms with van der Waals surface area (Å²) in [5.41, 5.74) is -0.140. The van der Waals surface area contributed by atoms with Crippen molar-refractivity contribution >= 4 is 26.3 Å². The van der Waals surface area contributed by atoms with Gasteiger partial charge in [0.25, 0.3) is 5.91 Å². The molecule has 1 amide bonds. The second-order valence-electron chi connectivity index (χ2n) is 7.32. The topological polar surface area (TPSA) is 104 Å². The number of hydrogen-bond acceptors (Lipinski definition) is 5. The van der Waals surface area contributed by atoms with Crippen LogP contribution >= 0.6 is 10.6 Å². The van der Waals surface area contributed by atoms with Crippen molar-refractivity contribution in [2.24, 2.45) is 0 Å². The molecule has 0 aliphatic carbocycles. The summed E-state index contributed by atoms with van der Waals surface area (Å²) in [7, 11) is -7.50. The van der Waals surface area contributed by atoms with Crippen LogP contribution in [0.1, 0.15) is 26.7 Å². The fraction of sp³-hybridized carbons (Fsp3) is 0.136. The molecule has 3 N–H and O–H groups in total. The molecule has 1 heterocycles. The third kappa shape index (κ3) is 4.02. The summed E-state index contributed by atoms with van der Waals surface area (Å²) in [4.78, 5) is 12.9. The molecular formula is C22H19F2NO5S2. The SMILES string of the molecule is O=C(NCc1cc(F)ccc1F)c1cccc2c1C(S(=O)(=O)c1ccccc1)CS2(O)O. The molecule has 0 radical (unpaired) electrons. The van der Waals surface area contributed by atoms with Gasteiger partial charge in [-0.3, -0.25) is 13.9 Å². The predicted octanol–water partition coefficient (Wildman–Crippen LogP) is 4.53. The van der Waals surface area contributed by atoms with Crippen molar-refractivity contribution < 1.29 is 31.1 Å². The average molecular weight is 480 g/mol. The van der Waals surface area contributed by atoms with E-state index in [2.05, 4.69) is 5.32 Å². The van der Waals surface area contributed by atoms with Crippen molar-refractivity contribution in [2.75, 3.05) is 5.75 Å². The van der Waals surface area contributed by atoms with Gasteiger partial charge in [0.15, 0.2) is 9.84 Å². The van der Waals surface area contributed by atoms with Crippen molar-refractivity contribution in [1.82, 2.24) is 5.32 Å². The number of hydrogen-bond donors (Lipinski definition) is 3. The third-order valence-electron chi connectivity index (χ3n) is 5.26. The minimum absolute atomic E-state index is 0.00778. The second kappa shape index (κ2) is 8.28. The van der Waals surface area contributed by atoms with Gasteiger partial charge >= 0.3 is 0 Å². The summed E-state index contributed by atoms with van der Waals surface area (Å²) in [5.74, 6) is -2.58. The van der Waals surface area contributed by atoms with Gasteiger partial charge in [0.05, 0.1) is 15.5 Å². The van der Waals surface area contributed by atoms with E-state index < -0.39 is 49.0 Å². The molecular weight excluding hydrogens is 460 g/mol. The minimum Gasteiger partial charge on any atom is -0.348 e. The first kappa shape index (κ1) is 22.4. The molecule has 0 saturated carbocycles. The lowest BCUT2D eigenvalue weighted by molar-refractivity contribution is 0.0949. The number of rotatable bonds is 5. The summed E-state index contributed by atoms with van der Waals surface area (Å²) >= 11 is 0. The summed E-state index contributed by atoms with van der Waals surface area (Å²) in [6.45, 7) is -0.335. The summed E-state index contributed by atoms with van der Waals surface area (Å²) in [5, 5.41) is 1.11. The van der Waals surface area contributed by atoms with Gasteiger partial charge in [0.2, 0.25) is 0 Å². The van der Waals surface area contributed by atoms with Crippen molar-refractivity contribution in [3.8, 4) is 0 Å². The highest BCUT2D eigenvalue weighted by atomic mass is 32.3. The zero-order valence-corrected chi connectivity index (χ0v) is 18.2. The van der Waals surface area contributed by atoms with Gasteiger partial charge in [0, 0.05) is 23.2 Å². The Morgan fingerprint density at radius 2 is 1.75 bits per heavy atom. The lowest BCUT2D eigenvalue weighted by Crippen LogP contribution is -2.26. The molecule has 32 heavy (non-hydrogen) atoms. The minimum atomic E-state index is -4.05. The van der Waals surface area contributed by atoms with E-state index in [9.17, 15) is 31.1 Å². The first-order valence-electron chi connectivity index (χ1n) is 9.51. The van der Waals surface area contributed by atoms with Gasteiger partial charge in [0.1, 0.15) is 16.9 Å². The summed E-state index contributed by atoms with van der Waals surface area (Å²) in [6, 6.07) is 14.6. The number of benzene rings is 3. The molecule has 1 unspecified atom stereocenters. The van der Waals surface area contributed by atoms with Crippen LogP contribution in [0.4, 0.5) is 8.78 Å². The van der Waals surface area contributed by atoms with Crippen LogP contribution in [0.3, 0.4) is 0 Å². The molecule has 0 saturated heterocycles. The number of carbonyl (C=O) groups is 1. The Labute approximate surface area is 185 Å². The van der Waals surface area contributed by atoms with Gasteiger partial charge < -0.3 is 5.32 Å². The molecule has 0 aromatic heterocycles. The van der Waals surface area contributed by atoms with E-state index >= 15 is 0 Å². The smallest absolute Gasteiger partial charge is 0.251 e. The Kier molecular flexibility index (Phi) is 5.80. The fourth-order valence-corrected chi connectivity index (χ4v) is 8.17. The standard InChI is InChI=1S/C22H19F2NO5S2/c23-15-9-10-18(24)14(11-15)12-25-22(26)17-7-4-8-19-21(17)20(13-31(19,27)28)32(29,30)16-5-2-1-3-6-16/h1-11,20,27-28H,12-13H2,(H,25,26). The maximum absolute atomic E-state index is 13.9. The Balaban J connectivity index is 1.72. The highest BCUT2D eigenvalue weighted by Gasteiger charge is 2.45. The van der Waals surface area contributed by atoms with Crippen molar-refractivity contribution in [2.45, 2.75) is 21.6 Å². The summed E-state index contributed by atoms with van der Waals surface area (Å²) in [6.07, 6.45) is 0. The highest BCUT2D eigenvalue weighted by Crippen LogP contribution is 2.62. The van der Waals surface area contributed by atoms with Gasteiger partial charge in [-0.05, 0) is 42.5 Å². The van der Waals surface area contributed by atoms with Crippen LogP contribution in [0.15, 0.2) is 76.5 Å². The summed E-state index contributed by atoms with van der Waals surface area (Å²) < 4.78 is 75.0. The Bertz CT molecular complexity index is 1300. The third-order valence-corrected chi connectivity index (χ3v) is 9.41. The van der Waals surface area contributed by atoms with Crippen LogP contribution in [-0.4, -0.2) is 29.2 Å². The zero-order valence-electron chi connectivity index (χ0n) is 16.5. The normalized spacial score (nSPS) is 18.1. The van der Waals surface area contributed by atoms with Crippen molar-refractivity contribution in [3.63, 3.8) is 0 Å². The number of amides is 1. The predicted molar refractivity (Wildman–Crippen MR) is 116 cm³/mol. The van der Waals surface area contributed by atoms with E-state index in [0.29, 0.717) is 0 Å². The Hall–Kier alpha value is -2.79. The molecule has 0 fully saturated rings. The van der Waals surface area contributed by atoms with Gasteiger partial charge in [-0.2, -0.15) is 10.6 Å². The first-order chi connectivity index (χ1) is 15.1. The van der Waals surface area contributed by atoms with Crippen LogP contribution in [0.25, 0.3) is 0 Å². The van der Waals surface area contributed by atoms with E-state index in [1.165, 1.54) is 30.3 Å². The molecule has 1 aliphatic heterocycles. The molecule has 168 valence electrons. The van der Waals surface area contributed by atoms with E-state index in [0.717, 1.165) is 18.2 Å². The average Bonchev–Trinajstić information content (AvgIpc) is 3.06. The van der Waals surface area contributed by atoms with Crippen molar-refractivity contribution in [1.29, 1.82) is 0 Å². The van der Waals surface area contributed by atoms with Crippen LogP contribution in [-0.2, 0) is 16.4 Å². The quantitative estimate of drug-likeness (QED) is 0.499. The maximum Gasteiger partial charge on any atom is 0.251 e. The first-order valence-corrected chi connectivity index (χ1v) is 12.8. The van der Waals surface area contributed by atoms with Gasteiger partial charge in [-0.1, -0.05) is 24.3 Å². The molecule has 0 bridgehead atoms. The number of sulfone groups is 1. The molecule has 1 aliphatic rings. The lowest BCUT2D eigenvalue weighted by Gasteiger charge is -2.27. The Morgan fingerprint density at radius 1 is 1.03 bits per heavy atom. The number of nitrogens with one attached hydrogen (secondary N) is 1. The van der Waals surface area contributed by atoms with E-state index in [1.807, 2.05) is 0 Å². The van der Waals surface area contributed by atoms with Crippen molar-refractivity contribution in [3.05, 3.63) is 95.1 Å². The van der Waals surface area contributed by atoms with E-state index in [4.69, 9.17) is 0 Å². The van der Waals surface area contributed by atoms with Crippen LogP contribution in [0.2, 0.25) is 0 Å². The fourth-order valence-electron chi connectivity index (χ4n) is 3.71. The number of halogens is 2. The molecule has 3 aromatic carbocycles. The van der Waals surface area contributed by atoms with Crippen LogP contribution in [0, 0.1) is 11.6 Å². The second-order valence-corrected chi connectivity index (χ2v) is 11.6. The largest absolute Gasteiger partial charge is 0.348 e. The van der Waals surface area contributed by atoms with Crippen LogP contribution < -0.4 is 5.32 Å². The Morgan fingerprint density at radius 3 is 2.47 bits per heavy atom. The maximum atomic E-state index is 13.9.